The van der Waals surface area contributed by atoms with E-state index in [1.54, 1.807) is 0 Å². The van der Waals surface area contributed by atoms with Crippen LogP contribution in [0.25, 0.3) is 0 Å². The molecule has 3 N–H and O–H groups in total. The van der Waals surface area contributed by atoms with Crippen LogP contribution in [0.15, 0.2) is 24.3 Å². The number of benzene rings is 1. The average molecular weight is 239 g/mol. The molecule has 0 fully saturated rings. The molecule has 1 aromatic carbocycles. The third-order valence-electron chi connectivity index (χ3n) is 2.60. The molecule has 1 rings (SSSR count). The summed E-state index contributed by atoms with van der Waals surface area (Å²) in [5, 5.41) is 9.66. The van der Waals surface area contributed by atoms with Crippen LogP contribution < -0.4 is 5.73 Å². The van der Waals surface area contributed by atoms with Crippen molar-refractivity contribution in [2.24, 2.45) is 5.73 Å². The molecule has 0 aliphatic heterocycles. The van der Waals surface area contributed by atoms with Gasteiger partial charge < -0.3 is 10.8 Å². The molecule has 0 bridgehead atoms. The predicted octanol–water partition coefficient (Wildman–Crippen LogP) is 2.50. The minimum atomic E-state index is 0.249. The standard InChI is InChI=1S/C13H21NOS/c1-10-3-5-12(6-4-10)13(9-14)16-11(2)7-8-15/h3-6,11,13,15H,7-9,14H2,1-2H3. The lowest BCUT2D eigenvalue weighted by Gasteiger charge is -2.19. The predicted molar refractivity (Wildman–Crippen MR) is 71.7 cm³/mol. The van der Waals surface area contributed by atoms with E-state index in [-0.39, 0.29) is 6.61 Å². The van der Waals surface area contributed by atoms with Gasteiger partial charge in [-0.3, -0.25) is 0 Å². The molecule has 0 saturated heterocycles. The van der Waals surface area contributed by atoms with Gasteiger partial charge in [0.25, 0.3) is 0 Å². The highest BCUT2D eigenvalue weighted by Crippen LogP contribution is 2.32. The Bertz CT molecular complexity index is 299. The minimum absolute atomic E-state index is 0.249. The number of nitrogens with two attached hydrogens (primary N) is 1. The molecule has 0 saturated carbocycles. The van der Waals surface area contributed by atoms with Crippen LogP contribution in [-0.2, 0) is 0 Å². The third-order valence-corrected chi connectivity index (χ3v) is 4.09. The lowest BCUT2D eigenvalue weighted by Crippen LogP contribution is -2.13. The zero-order valence-electron chi connectivity index (χ0n) is 10.0. The van der Waals surface area contributed by atoms with E-state index in [0.717, 1.165) is 6.42 Å². The van der Waals surface area contributed by atoms with Crippen molar-refractivity contribution in [1.82, 2.24) is 0 Å². The average Bonchev–Trinajstić information content (AvgIpc) is 2.27. The topological polar surface area (TPSA) is 46.2 Å². The lowest BCUT2D eigenvalue weighted by molar-refractivity contribution is 0.289. The molecule has 16 heavy (non-hydrogen) atoms. The highest BCUT2D eigenvalue weighted by Gasteiger charge is 2.13. The minimum Gasteiger partial charge on any atom is -0.396 e. The molecule has 0 aromatic heterocycles. The van der Waals surface area contributed by atoms with Gasteiger partial charge in [0.05, 0.1) is 0 Å². The molecular formula is C13H21NOS. The summed E-state index contributed by atoms with van der Waals surface area (Å²) in [5.41, 5.74) is 8.36. The highest BCUT2D eigenvalue weighted by atomic mass is 32.2. The molecule has 0 aliphatic carbocycles. The largest absolute Gasteiger partial charge is 0.396 e. The quantitative estimate of drug-likeness (QED) is 0.802. The Kier molecular flexibility index (Phi) is 5.88. The summed E-state index contributed by atoms with van der Waals surface area (Å²) in [5.74, 6) is 0. The number of aliphatic hydroxyl groups excluding tert-OH is 1. The molecule has 2 nitrogen and oxygen atoms in total. The number of hydrogen-bond acceptors (Lipinski definition) is 3. The van der Waals surface area contributed by atoms with Gasteiger partial charge in [-0.1, -0.05) is 36.8 Å². The van der Waals surface area contributed by atoms with Gasteiger partial charge in [0.1, 0.15) is 0 Å². The van der Waals surface area contributed by atoms with Crippen molar-refractivity contribution in [3.05, 3.63) is 35.4 Å². The Hall–Kier alpha value is -0.510. The Morgan fingerprint density at radius 3 is 2.44 bits per heavy atom. The van der Waals surface area contributed by atoms with Crippen LogP contribution in [0.3, 0.4) is 0 Å². The van der Waals surface area contributed by atoms with Gasteiger partial charge in [-0.15, -0.1) is 11.8 Å². The van der Waals surface area contributed by atoms with Gasteiger partial charge in [0.15, 0.2) is 0 Å². The van der Waals surface area contributed by atoms with E-state index in [4.69, 9.17) is 10.8 Å². The fraction of sp³-hybridized carbons (Fsp3) is 0.538. The van der Waals surface area contributed by atoms with Gasteiger partial charge in [-0.05, 0) is 18.9 Å². The van der Waals surface area contributed by atoms with Crippen LogP contribution in [-0.4, -0.2) is 23.5 Å². The SMILES string of the molecule is Cc1ccc(C(CN)SC(C)CCO)cc1. The number of thioether (sulfide) groups is 1. The molecule has 2 unspecified atom stereocenters. The van der Waals surface area contributed by atoms with Crippen LogP contribution in [0.1, 0.15) is 29.7 Å². The Morgan fingerprint density at radius 2 is 1.94 bits per heavy atom. The maximum Gasteiger partial charge on any atom is 0.0441 e. The summed E-state index contributed by atoms with van der Waals surface area (Å²) >= 11 is 1.84. The second-order valence-corrected chi connectivity index (χ2v) is 5.74. The van der Waals surface area contributed by atoms with Crippen LogP contribution in [0.2, 0.25) is 0 Å². The normalized spacial score (nSPS) is 14.8. The fourth-order valence-corrected chi connectivity index (χ4v) is 2.81. The molecule has 0 spiro atoms. The summed E-state index contributed by atoms with van der Waals surface area (Å²) in [6.07, 6.45) is 0.826. The highest BCUT2D eigenvalue weighted by molar-refractivity contribution is 8.00. The van der Waals surface area contributed by atoms with E-state index < -0.39 is 0 Å². The van der Waals surface area contributed by atoms with Crippen LogP contribution >= 0.6 is 11.8 Å². The zero-order chi connectivity index (χ0) is 12.0. The first-order chi connectivity index (χ1) is 7.67. The van der Waals surface area contributed by atoms with E-state index >= 15 is 0 Å². The van der Waals surface area contributed by atoms with E-state index in [9.17, 15) is 0 Å². The summed E-state index contributed by atoms with van der Waals surface area (Å²) in [7, 11) is 0. The molecule has 3 heteroatoms. The molecule has 0 radical (unpaired) electrons. The van der Waals surface area contributed by atoms with Crippen molar-refractivity contribution in [2.75, 3.05) is 13.2 Å². The van der Waals surface area contributed by atoms with Gasteiger partial charge in [-0.25, -0.2) is 0 Å². The van der Waals surface area contributed by atoms with Crippen molar-refractivity contribution in [2.45, 2.75) is 30.8 Å². The zero-order valence-corrected chi connectivity index (χ0v) is 10.8. The Balaban J connectivity index is 2.63. The summed E-state index contributed by atoms with van der Waals surface area (Å²) in [6.45, 7) is 5.11. The molecule has 1 aromatic rings. The van der Waals surface area contributed by atoms with Gasteiger partial charge in [-0.2, -0.15) is 0 Å². The molecule has 0 heterocycles. The first kappa shape index (κ1) is 13.6. The third kappa shape index (κ3) is 4.16. The molecule has 90 valence electrons. The van der Waals surface area contributed by atoms with Crippen LogP contribution in [0.5, 0.6) is 0 Å². The van der Waals surface area contributed by atoms with E-state index in [0.29, 0.717) is 17.0 Å². The summed E-state index contributed by atoms with van der Waals surface area (Å²) < 4.78 is 0. The second-order valence-electron chi connectivity index (χ2n) is 4.09. The monoisotopic (exact) mass is 239 g/mol. The van der Waals surface area contributed by atoms with Crippen molar-refractivity contribution in [1.29, 1.82) is 0 Å². The molecule has 0 aliphatic rings. The van der Waals surface area contributed by atoms with Crippen LogP contribution in [0, 0.1) is 6.92 Å². The number of rotatable bonds is 6. The number of aliphatic hydroxyl groups is 1. The molecule has 2 atom stereocenters. The Morgan fingerprint density at radius 1 is 1.31 bits per heavy atom. The summed E-state index contributed by atoms with van der Waals surface area (Å²) in [4.78, 5) is 0. The van der Waals surface area contributed by atoms with Crippen LogP contribution in [0.4, 0.5) is 0 Å². The summed E-state index contributed by atoms with van der Waals surface area (Å²) in [6, 6.07) is 8.53. The van der Waals surface area contributed by atoms with Crippen molar-refractivity contribution in [3.8, 4) is 0 Å². The number of aryl methyl sites for hydroxylation is 1. The molecule has 0 amide bonds. The maximum atomic E-state index is 8.88. The van der Waals surface area contributed by atoms with Gasteiger partial charge in [0.2, 0.25) is 0 Å². The van der Waals surface area contributed by atoms with Gasteiger partial charge >= 0.3 is 0 Å². The molecular weight excluding hydrogens is 218 g/mol. The fourth-order valence-electron chi connectivity index (χ4n) is 1.58. The van der Waals surface area contributed by atoms with Crippen molar-refractivity contribution < 1.29 is 5.11 Å². The smallest absolute Gasteiger partial charge is 0.0441 e. The number of hydrogen-bond donors (Lipinski definition) is 2. The maximum absolute atomic E-state index is 8.88. The van der Waals surface area contributed by atoms with Gasteiger partial charge in [0, 0.05) is 23.7 Å². The van der Waals surface area contributed by atoms with E-state index in [2.05, 4.69) is 38.1 Å². The van der Waals surface area contributed by atoms with Crippen molar-refractivity contribution in [3.63, 3.8) is 0 Å². The first-order valence-electron chi connectivity index (χ1n) is 5.70. The van der Waals surface area contributed by atoms with E-state index in [1.165, 1.54) is 11.1 Å². The lowest BCUT2D eigenvalue weighted by atomic mass is 10.1. The van der Waals surface area contributed by atoms with Crippen molar-refractivity contribution >= 4 is 11.8 Å². The first-order valence-corrected chi connectivity index (χ1v) is 6.64. The Labute approximate surface area is 102 Å². The van der Waals surface area contributed by atoms with E-state index in [1.807, 2.05) is 11.8 Å². The second kappa shape index (κ2) is 6.94.